The molecule has 1 amide bonds. The van der Waals surface area contributed by atoms with E-state index in [0.717, 1.165) is 11.1 Å². The number of nitrogens with one attached hydrogen (secondary N) is 1. The predicted octanol–water partition coefficient (Wildman–Crippen LogP) is 3.23. The zero-order valence-corrected chi connectivity index (χ0v) is 18.3. The maximum absolute atomic E-state index is 13.4. The molecule has 0 aliphatic heterocycles. The molecule has 0 unspecified atom stereocenters. The van der Waals surface area contributed by atoms with E-state index in [2.05, 4.69) is 10.3 Å². The quantitative estimate of drug-likeness (QED) is 0.553. The van der Waals surface area contributed by atoms with Gasteiger partial charge < -0.3 is 10.1 Å². The fourth-order valence-electron chi connectivity index (χ4n) is 3.05. The molecule has 0 fully saturated rings. The molecule has 0 atom stereocenters. The van der Waals surface area contributed by atoms with Crippen LogP contribution in [0.15, 0.2) is 78.0 Å². The Morgan fingerprint density at radius 3 is 2.26 bits per heavy atom. The standard InChI is InChI=1S/C23H25N3O4S/c1-3-30-21-10-12-22(13-11-21)31(28,29)26(17-19-5-4-14-25-15-19)16-18-6-8-20(9-7-18)23(27)24-2/h4-15H,3,16-17H2,1-2H3,(H,24,27). The summed E-state index contributed by atoms with van der Waals surface area (Å²) in [6.07, 6.45) is 3.29. The van der Waals surface area contributed by atoms with Crippen LogP contribution in [0.25, 0.3) is 0 Å². The van der Waals surface area contributed by atoms with Crippen LogP contribution < -0.4 is 10.1 Å². The molecule has 0 aliphatic carbocycles. The Hall–Kier alpha value is -3.23. The third-order valence-electron chi connectivity index (χ3n) is 4.66. The number of ether oxygens (including phenoxy) is 1. The van der Waals surface area contributed by atoms with Crippen LogP contribution >= 0.6 is 0 Å². The van der Waals surface area contributed by atoms with Crippen molar-refractivity contribution in [1.29, 1.82) is 0 Å². The summed E-state index contributed by atoms with van der Waals surface area (Å²) >= 11 is 0. The molecule has 0 spiro atoms. The second-order valence-electron chi connectivity index (χ2n) is 6.81. The van der Waals surface area contributed by atoms with E-state index in [0.29, 0.717) is 17.9 Å². The zero-order chi connectivity index (χ0) is 22.3. The van der Waals surface area contributed by atoms with Crippen LogP contribution in [0, 0.1) is 0 Å². The number of amides is 1. The first-order valence-electron chi connectivity index (χ1n) is 9.87. The van der Waals surface area contributed by atoms with Crippen molar-refractivity contribution in [3.05, 3.63) is 89.7 Å². The van der Waals surface area contributed by atoms with Crippen molar-refractivity contribution < 1.29 is 17.9 Å². The first kappa shape index (κ1) is 22.5. The summed E-state index contributed by atoms with van der Waals surface area (Å²) in [4.78, 5) is 16.0. The second-order valence-corrected chi connectivity index (χ2v) is 8.75. The summed E-state index contributed by atoms with van der Waals surface area (Å²) in [5, 5.41) is 2.57. The van der Waals surface area contributed by atoms with Crippen LogP contribution in [-0.4, -0.2) is 37.3 Å². The lowest BCUT2D eigenvalue weighted by Crippen LogP contribution is -2.30. The SMILES string of the molecule is CCOc1ccc(S(=O)(=O)N(Cc2ccc(C(=O)NC)cc2)Cc2cccnc2)cc1. The van der Waals surface area contributed by atoms with E-state index < -0.39 is 10.0 Å². The van der Waals surface area contributed by atoms with Gasteiger partial charge in [-0.05, 0) is 60.5 Å². The number of sulfonamides is 1. The fraction of sp³-hybridized carbons (Fsp3) is 0.217. The van der Waals surface area contributed by atoms with E-state index in [4.69, 9.17) is 4.74 Å². The van der Waals surface area contributed by atoms with Crippen LogP contribution in [0.3, 0.4) is 0 Å². The summed E-state index contributed by atoms with van der Waals surface area (Å²) < 4.78 is 33.7. The molecule has 2 aromatic carbocycles. The zero-order valence-electron chi connectivity index (χ0n) is 17.5. The number of rotatable bonds is 9. The molecule has 1 N–H and O–H groups in total. The van der Waals surface area contributed by atoms with Crippen molar-refractivity contribution in [2.45, 2.75) is 24.9 Å². The molecule has 0 bridgehead atoms. The van der Waals surface area contributed by atoms with E-state index in [1.807, 2.05) is 13.0 Å². The van der Waals surface area contributed by atoms with Crippen molar-refractivity contribution in [2.24, 2.45) is 0 Å². The van der Waals surface area contributed by atoms with Gasteiger partial charge in [0, 0.05) is 38.1 Å². The van der Waals surface area contributed by atoms with Crippen molar-refractivity contribution in [1.82, 2.24) is 14.6 Å². The summed E-state index contributed by atoms with van der Waals surface area (Å²) in [7, 11) is -2.22. The molecular formula is C23H25N3O4S. The van der Waals surface area contributed by atoms with Crippen molar-refractivity contribution in [3.63, 3.8) is 0 Å². The lowest BCUT2D eigenvalue weighted by atomic mass is 10.1. The molecule has 1 heterocycles. The Bertz CT molecular complexity index is 1100. The predicted molar refractivity (Wildman–Crippen MR) is 118 cm³/mol. The molecule has 7 nitrogen and oxygen atoms in total. The molecular weight excluding hydrogens is 414 g/mol. The molecule has 1 aromatic heterocycles. The number of pyridine rings is 1. The highest BCUT2D eigenvalue weighted by atomic mass is 32.2. The number of nitrogens with zero attached hydrogens (tertiary/aromatic N) is 2. The van der Waals surface area contributed by atoms with Crippen molar-refractivity contribution in [2.75, 3.05) is 13.7 Å². The Balaban J connectivity index is 1.90. The number of carbonyl (C=O) groups is 1. The fourth-order valence-corrected chi connectivity index (χ4v) is 4.47. The van der Waals surface area contributed by atoms with E-state index in [-0.39, 0.29) is 23.9 Å². The second kappa shape index (κ2) is 10.2. The van der Waals surface area contributed by atoms with Gasteiger partial charge in [-0.1, -0.05) is 18.2 Å². The van der Waals surface area contributed by atoms with E-state index >= 15 is 0 Å². The van der Waals surface area contributed by atoms with Gasteiger partial charge in [0.25, 0.3) is 5.91 Å². The first-order chi connectivity index (χ1) is 14.9. The van der Waals surface area contributed by atoms with Gasteiger partial charge in [-0.25, -0.2) is 8.42 Å². The van der Waals surface area contributed by atoms with Crippen LogP contribution in [0.5, 0.6) is 5.75 Å². The highest BCUT2D eigenvalue weighted by molar-refractivity contribution is 7.89. The first-order valence-corrected chi connectivity index (χ1v) is 11.3. The van der Waals surface area contributed by atoms with Crippen LogP contribution in [-0.2, 0) is 23.1 Å². The van der Waals surface area contributed by atoms with Gasteiger partial charge in [0.1, 0.15) is 5.75 Å². The topological polar surface area (TPSA) is 88.6 Å². The smallest absolute Gasteiger partial charge is 0.251 e. The minimum atomic E-state index is -3.79. The third-order valence-corrected chi connectivity index (χ3v) is 6.46. The molecule has 0 saturated carbocycles. The van der Waals surface area contributed by atoms with Gasteiger partial charge in [0.15, 0.2) is 0 Å². The average Bonchev–Trinajstić information content (AvgIpc) is 2.80. The Morgan fingerprint density at radius 2 is 1.68 bits per heavy atom. The van der Waals surface area contributed by atoms with Gasteiger partial charge in [0.2, 0.25) is 10.0 Å². The summed E-state index contributed by atoms with van der Waals surface area (Å²) in [6.45, 7) is 2.69. The van der Waals surface area contributed by atoms with E-state index in [1.54, 1.807) is 74.0 Å². The van der Waals surface area contributed by atoms with Crippen LogP contribution in [0.2, 0.25) is 0 Å². The number of benzene rings is 2. The Kier molecular flexibility index (Phi) is 7.38. The summed E-state index contributed by atoms with van der Waals surface area (Å²) in [5.74, 6) is 0.422. The molecule has 3 aromatic rings. The van der Waals surface area contributed by atoms with Gasteiger partial charge in [-0.2, -0.15) is 4.31 Å². The van der Waals surface area contributed by atoms with Crippen molar-refractivity contribution in [3.8, 4) is 5.75 Å². The molecule has 8 heteroatoms. The summed E-state index contributed by atoms with van der Waals surface area (Å²) in [6, 6.07) is 16.9. The number of aromatic nitrogens is 1. The Morgan fingerprint density at radius 1 is 1.00 bits per heavy atom. The highest BCUT2D eigenvalue weighted by Gasteiger charge is 2.25. The van der Waals surface area contributed by atoms with Crippen molar-refractivity contribution >= 4 is 15.9 Å². The lowest BCUT2D eigenvalue weighted by Gasteiger charge is -2.23. The molecule has 0 saturated heterocycles. The van der Waals surface area contributed by atoms with Gasteiger partial charge in [-0.15, -0.1) is 0 Å². The number of carbonyl (C=O) groups excluding carboxylic acids is 1. The minimum absolute atomic E-state index is 0.151. The molecule has 0 aliphatic rings. The van der Waals surface area contributed by atoms with Gasteiger partial charge in [-0.3, -0.25) is 9.78 Å². The molecule has 3 rings (SSSR count). The largest absolute Gasteiger partial charge is 0.494 e. The molecule has 31 heavy (non-hydrogen) atoms. The van der Waals surface area contributed by atoms with Crippen LogP contribution in [0.1, 0.15) is 28.4 Å². The average molecular weight is 440 g/mol. The molecule has 162 valence electrons. The maximum Gasteiger partial charge on any atom is 0.251 e. The van der Waals surface area contributed by atoms with E-state index in [1.165, 1.54) is 4.31 Å². The van der Waals surface area contributed by atoms with E-state index in [9.17, 15) is 13.2 Å². The summed E-state index contributed by atoms with van der Waals surface area (Å²) in [5.41, 5.74) is 2.06. The maximum atomic E-state index is 13.4. The normalized spacial score (nSPS) is 11.3. The Labute approximate surface area is 182 Å². The van der Waals surface area contributed by atoms with Gasteiger partial charge in [0.05, 0.1) is 11.5 Å². The number of hydrogen-bond donors (Lipinski definition) is 1. The monoisotopic (exact) mass is 439 g/mol. The van der Waals surface area contributed by atoms with Gasteiger partial charge >= 0.3 is 0 Å². The lowest BCUT2D eigenvalue weighted by molar-refractivity contribution is 0.0963. The van der Waals surface area contributed by atoms with Crippen LogP contribution in [0.4, 0.5) is 0 Å². The highest BCUT2D eigenvalue weighted by Crippen LogP contribution is 2.23. The number of hydrogen-bond acceptors (Lipinski definition) is 5. The molecule has 0 radical (unpaired) electrons. The minimum Gasteiger partial charge on any atom is -0.494 e. The third kappa shape index (κ3) is 5.68.